The van der Waals surface area contributed by atoms with Gasteiger partial charge in [-0.15, -0.1) is 0 Å². The van der Waals surface area contributed by atoms with Gasteiger partial charge in [-0.25, -0.2) is 0 Å². The van der Waals surface area contributed by atoms with Crippen LogP contribution >= 0.6 is 0 Å². The first-order valence-corrected chi connectivity index (χ1v) is 6.38. The molecule has 1 unspecified atom stereocenters. The molecule has 0 bridgehead atoms. The summed E-state index contributed by atoms with van der Waals surface area (Å²) in [5.74, 6) is 1.00. The lowest BCUT2D eigenvalue weighted by Crippen LogP contribution is -2.26. The van der Waals surface area contributed by atoms with Gasteiger partial charge in [0.1, 0.15) is 0 Å². The maximum atomic E-state index is 10.6. The van der Waals surface area contributed by atoms with Crippen molar-refractivity contribution in [2.45, 2.75) is 25.8 Å². The number of non-ortho nitro benzene ring substituents is 1. The molecular formula is C13H16N4O3. The standard InChI is InChI=1S/C13H16N4O3/c1-3-10(14-2)8-12-15-13(16-20-12)9-4-6-11(7-5-9)17(18)19/h4-7,10,14H,3,8H2,1-2H3. The first kappa shape index (κ1) is 14.1. The number of benzene rings is 1. The molecule has 20 heavy (non-hydrogen) atoms. The van der Waals surface area contributed by atoms with Gasteiger partial charge in [-0.2, -0.15) is 4.98 Å². The molecule has 0 saturated carbocycles. The smallest absolute Gasteiger partial charge is 0.269 e. The van der Waals surface area contributed by atoms with Crippen molar-refractivity contribution in [3.63, 3.8) is 0 Å². The Morgan fingerprint density at radius 3 is 2.65 bits per heavy atom. The van der Waals surface area contributed by atoms with Crippen molar-refractivity contribution in [1.82, 2.24) is 15.5 Å². The average Bonchev–Trinajstić information content (AvgIpc) is 2.93. The molecule has 2 aromatic rings. The van der Waals surface area contributed by atoms with Crippen molar-refractivity contribution in [1.29, 1.82) is 0 Å². The molecule has 0 amide bonds. The quantitative estimate of drug-likeness (QED) is 0.642. The van der Waals surface area contributed by atoms with E-state index < -0.39 is 4.92 Å². The second kappa shape index (κ2) is 6.25. The Balaban J connectivity index is 2.13. The number of likely N-dealkylation sites (N-methyl/N-ethyl adjacent to an activating group) is 1. The number of nitro groups is 1. The Labute approximate surface area is 116 Å². The van der Waals surface area contributed by atoms with Crippen LogP contribution in [-0.4, -0.2) is 28.2 Å². The Morgan fingerprint density at radius 2 is 2.10 bits per heavy atom. The minimum absolute atomic E-state index is 0.0405. The fraction of sp³-hybridized carbons (Fsp3) is 0.385. The highest BCUT2D eigenvalue weighted by Gasteiger charge is 2.13. The largest absolute Gasteiger partial charge is 0.339 e. The van der Waals surface area contributed by atoms with Crippen LogP contribution in [0.3, 0.4) is 0 Å². The lowest BCUT2D eigenvalue weighted by atomic mass is 10.1. The summed E-state index contributed by atoms with van der Waals surface area (Å²) in [4.78, 5) is 14.5. The van der Waals surface area contributed by atoms with Crippen molar-refractivity contribution < 1.29 is 9.45 Å². The predicted molar refractivity (Wildman–Crippen MR) is 73.2 cm³/mol. The fourth-order valence-electron chi connectivity index (χ4n) is 1.85. The SMILES string of the molecule is CCC(Cc1nc(-c2ccc([N+](=O)[O-])cc2)no1)NC. The summed E-state index contributed by atoms with van der Waals surface area (Å²) in [7, 11) is 1.89. The first-order chi connectivity index (χ1) is 9.63. The van der Waals surface area contributed by atoms with Crippen molar-refractivity contribution in [3.05, 3.63) is 40.3 Å². The minimum Gasteiger partial charge on any atom is -0.339 e. The molecule has 2 rings (SSSR count). The Morgan fingerprint density at radius 1 is 1.40 bits per heavy atom. The van der Waals surface area contributed by atoms with E-state index in [4.69, 9.17) is 4.52 Å². The topological polar surface area (TPSA) is 94.1 Å². The normalized spacial score (nSPS) is 12.3. The van der Waals surface area contributed by atoms with Gasteiger partial charge in [-0.05, 0) is 25.6 Å². The van der Waals surface area contributed by atoms with E-state index in [1.165, 1.54) is 12.1 Å². The predicted octanol–water partition coefficient (Wildman–Crippen LogP) is 2.19. The maximum absolute atomic E-state index is 10.6. The van der Waals surface area contributed by atoms with Crippen molar-refractivity contribution in [2.24, 2.45) is 0 Å². The monoisotopic (exact) mass is 276 g/mol. The van der Waals surface area contributed by atoms with Crippen molar-refractivity contribution in [3.8, 4) is 11.4 Å². The molecule has 7 nitrogen and oxygen atoms in total. The summed E-state index contributed by atoms with van der Waals surface area (Å²) in [6.45, 7) is 2.08. The summed E-state index contributed by atoms with van der Waals surface area (Å²) in [6, 6.07) is 6.37. The van der Waals surface area contributed by atoms with Gasteiger partial charge in [0.25, 0.3) is 5.69 Å². The van der Waals surface area contributed by atoms with Crippen molar-refractivity contribution in [2.75, 3.05) is 7.05 Å². The van der Waals surface area contributed by atoms with E-state index in [1.807, 2.05) is 7.05 Å². The number of hydrogen-bond donors (Lipinski definition) is 1. The highest BCUT2D eigenvalue weighted by molar-refractivity contribution is 5.56. The molecule has 0 aliphatic rings. The molecule has 1 aromatic carbocycles. The number of aromatic nitrogens is 2. The van der Waals surface area contributed by atoms with Gasteiger partial charge < -0.3 is 9.84 Å². The molecular weight excluding hydrogens is 260 g/mol. The van der Waals surface area contributed by atoms with Crippen LogP contribution in [0.2, 0.25) is 0 Å². The summed E-state index contributed by atoms with van der Waals surface area (Å²) in [6.07, 6.45) is 1.62. The van der Waals surface area contributed by atoms with E-state index in [0.29, 0.717) is 29.7 Å². The number of nitrogens with one attached hydrogen (secondary N) is 1. The molecule has 0 aliphatic carbocycles. The van der Waals surface area contributed by atoms with E-state index in [1.54, 1.807) is 12.1 Å². The Bertz CT molecular complexity index is 576. The third-order valence-electron chi connectivity index (χ3n) is 3.13. The second-order valence-electron chi connectivity index (χ2n) is 4.41. The van der Waals surface area contributed by atoms with E-state index in [-0.39, 0.29) is 5.69 Å². The van der Waals surface area contributed by atoms with E-state index >= 15 is 0 Å². The second-order valence-corrected chi connectivity index (χ2v) is 4.41. The molecule has 0 fully saturated rings. The van der Waals surface area contributed by atoms with Crippen LogP contribution in [0.15, 0.2) is 28.8 Å². The van der Waals surface area contributed by atoms with Crippen LogP contribution < -0.4 is 5.32 Å². The highest BCUT2D eigenvalue weighted by Crippen LogP contribution is 2.20. The maximum Gasteiger partial charge on any atom is 0.269 e. The van der Waals surface area contributed by atoms with Gasteiger partial charge in [0.05, 0.1) is 4.92 Å². The summed E-state index contributed by atoms with van der Waals surface area (Å²) < 4.78 is 5.20. The van der Waals surface area contributed by atoms with E-state index in [2.05, 4.69) is 22.4 Å². The molecule has 0 saturated heterocycles. The Kier molecular flexibility index (Phi) is 4.41. The van der Waals surface area contributed by atoms with Gasteiger partial charge in [0.15, 0.2) is 0 Å². The van der Waals surface area contributed by atoms with Crippen LogP contribution in [0, 0.1) is 10.1 Å². The van der Waals surface area contributed by atoms with E-state index in [9.17, 15) is 10.1 Å². The number of hydrogen-bond acceptors (Lipinski definition) is 6. The zero-order valence-corrected chi connectivity index (χ0v) is 11.4. The molecule has 7 heteroatoms. The third-order valence-corrected chi connectivity index (χ3v) is 3.13. The number of rotatable bonds is 6. The van der Waals surface area contributed by atoms with Crippen LogP contribution in [0.25, 0.3) is 11.4 Å². The van der Waals surface area contributed by atoms with Crippen molar-refractivity contribution >= 4 is 5.69 Å². The highest BCUT2D eigenvalue weighted by atomic mass is 16.6. The molecule has 1 atom stereocenters. The molecule has 106 valence electrons. The summed E-state index contributed by atoms with van der Waals surface area (Å²) >= 11 is 0. The lowest BCUT2D eigenvalue weighted by molar-refractivity contribution is -0.384. The van der Waals surface area contributed by atoms with Gasteiger partial charge in [0, 0.05) is 30.2 Å². The van der Waals surface area contributed by atoms with Crippen LogP contribution in [0.1, 0.15) is 19.2 Å². The van der Waals surface area contributed by atoms with Crippen LogP contribution in [0.5, 0.6) is 0 Å². The average molecular weight is 276 g/mol. The zero-order valence-electron chi connectivity index (χ0n) is 11.4. The molecule has 0 spiro atoms. The molecule has 1 N–H and O–H groups in total. The third kappa shape index (κ3) is 3.18. The first-order valence-electron chi connectivity index (χ1n) is 6.38. The van der Waals surface area contributed by atoms with E-state index in [0.717, 1.165) is 6.42 Å². The van der Waals surface area contributed by atoms with Gasteiger partial charge in [-0.1, -0.05) is 12.1 Å². The van der Waals surface area contributed by atoms with Gasteiger partial charge in [-0.3, -0.25) is 10.1 Å². The number of nitrogens with zero attached hydrogens (tertiary/aromatic N) is 3. The van der Waals surface area contributed by atoms with Gasteiger partial charge >= 0.3 is 0 Å². The Hall–Kier alpha value is -2.28. The lowest BCUT2D eigenvalue weighted by Gasteiger charge is -2.09. The van der Waals surface area contributed by atoms with Crippen LogP contribution in [-0.2, 0) is 6.42 Å². The molecule has 1 heterocycles. The number of nitro benzene ring substituents is 1. The molecule has 1 aromatic heterocycles. The fourth-order valence-corrected chi connectivity index (χ4v) is 1.85. The zero-order chi connectivity index (χ0) is 14.5. The van der Waals surface area contributed by atoms with Crippen LogP contribution in [0.4, 0.5) is 5.69 Å². The molecule has 0 aliphatic heterocycles. The molecule has 0 radical (unpaired) electrons. The minimum atomic E-state index is -0.440. The summed E-state index contributed by atoms with van der Waals surface area (Å²) in [5.41, 5.74) is 0.738. The summed E-state index contributed by atoms with van der Waals surface area (Å²) in [5, 5.41) is 17.7. The van der Waals surface area contributed by atoms with Gasteiger partial charge in [0.2, 0.25) is 11.7 Å².